The standard InChI is InChI=1S/C36H61NO7/c1-22(10-9-19-37(42-8)31-20-27(40)32(41)28(21-38)44-31)24-13-17-36(7)26-11-12-29-33(3,4)30(43-23(2)39)15-16-34(29,5)25(26)14-18-35(24,36)6/h22,24,27-32,38,40-41H,9-21H2,1-8H3/t22-,24-,27-,28-,29+,30+,31-,32+,34-,35-,36+/m1/s1. The molecule has 0 aromatic carbocycles. The fourth-order valence-corrected chi connectivity index (χ4v) is 11.4. The normalized spacial score (nSPS) is 44.1. The summed E-state index contributed by atoms with van der Waals surface area (Å²) in [5, 5.41) is 31.8. The van der Waals surface area contributed by atoms with Gasteiger partial charge in [0.1, 0.15) is 24.5 Å². The van der Waals surface area contributed by atoms with E-state index in [0.29, 0.717) is 24.3 Å². The number of allylic oxidation sites excluding steroid dienone is 2. The van der Waals surface area contributed by atoms with Gasteiger partial charge in [-0.3, -0.25) is 9.63 Å². The number of esters is 1. The Morgan fingerprint density at radius 3 is 2.43 bits per heavy atom. The molecule has 3 N–H and O–H groups in total. The molecule has 5 rings (SSSR count). The summed E-state index contributed by atoms with van der Waals surface area (Å²) < 4.78 is 11.8. The van der Waals surface area contributed by atoms with Crippen LogP contribution < -0.4 is 0 Å². The molecular formula is C36H61NO7. The lowest BCUT2D eigenvalue weighted by Crippen LogP contribution is -2.55. The molecule has 8 heteroatoms. The van der Waals surface area contributed by atoms with Gasteiger partial charge in [-0.15, -0.1) is 0 Å². The Balaban J connectivity index is 1.26. The van der Waals surface area contributed by atoms with Crippen LogP contribution in [0.25, 0.3) is 0 Å². The number of carbonyl (C=O) groups excluding carboxylic acids is 1. The summed E-state index contributed by atoms with van der Waals surface area (Å²) in [7, 11) is 1.62. The number of aliphatic hydroxyl groups excluding tert-OH is 3. The predicted molar refractivity (Wildman–Crippen MR) is 169 cm³/mol. The molecule has 1 saturated heterocycles. The van der Waals surface area contributed by atoms with E-state index in [1.165, 1.54) is 38.5 Å². The molecule has 2 saturated carbocycles. The van der Waals surface area contributed by atoms with Crippen molar-refractivity contribution in [2.45, 2.75) is 150 Å². The second-order valence-corrected chi connectivity index (χ2v) is 16.4. The molecule has 1 heterocycles. The van der Waals surface area contributed by atoms with Crippen molar-refractivity contribution in [2.75, 3.05) is 20.3 Å². The van der Waals surface area contributed by atoms with E-state index in [1.54, 1.807) is 30.2 Å². The summed E-state index contributed by atoms with van der Waals surface area (Å²) in [5.41, 5.74) is 4.21. The fourth-order valence-electron chi connectivity index (χ4n) is 11.4. The molecule has 0 aromatic rings. The molecule has 0 aromatic heterocycles. The number of carbonyl (C=O) groups is 1. The molecule has 0 bridgehead atoms. The Labute approximate surface area is 265 Å². The molecule has 252 valence electrons. The Kier molecular flexibility index (Phi) is 9.77. The zero-order valence-electron chi connectivity index (χ0n) is 28.7. The van der Waals surface area contributed by atoms with Crippen LogP contribution in [0.2, 0.25) is 0 Å². The van der Waals surface area contributed by atoms with Crippen molar-refractivity contribution in [1.82, 2.24) is 5.06 Å². The van der Waals surface area contributed by atoms with Crippen LogP contribution in [-0.4, -0.2) is 77.3 Å². The average Bonchev–Trinajstić information content (AvgIpc) is 3.25. The van der Waals surface area contributed by atoms with E-state index >= 15 is 0 Å². The van der Waals surface area contributed by atoms with E-state index in [9.17, 15) is 20.1 Å². The summed E-state index contributed by atoms with van der Waals surface area (Å²) in [6, 6.07) is 0. The van der Waals surface area contributed by atoms with Gasteiger partial charge < -0.3 is 24.8 Å². The molecule has 0 radical (unpaired) electrons. The van der Waals surface area contributed by atoms with Crippen LogP contribution in [0.1, 0.15) is 119 Å². The number of hydroxylamine groups is 2. The molecule has 44 heavy (non-hydrogen) atoms. The van der Waals surface area contributed by atoms with Gasteiger partial charge >= 0.3 is 5.97 Å². The minimum atomic E-state index is -1.08. The number of rotatable bonds is 9. The summed E-state index contributed by atoms with van der Waals surface area (Å²) in [4.78, 5) is 17.6. The SMILES string of the molecule is CON(CCC[C@@H](C)[C@H]1CC[C@@]2(C)C3=C(CC[C@]12C)[C@@]1(C)CC[C@H](OC(C)=O)C(C)(C)[C@@H]1CC3)[C@H]1C[C@@H](O)[C@H](O)[C@@H](CO)O1. The van der Waals surface area contributed by atoms with E-state index in [4.69, 9.17) is 14.3 Å². The Morgan fingerprint density at radius 1 is 1.05 bits per heavy atom. The van der Waals surface area contributed by atoms with Gasteiger partial charge in [-0.05, 0) is 98.2 Å². The van der Waals surface area contributed by atoms with E-state index in [0.717, 1.165) is 25.7 Å². The number of aliphatic hydroxyl groups is 3. The van der Waals surface area contributed by atoms with Gasteiger partial charge in [-0.2, -0.15) is 5.06 Å². The molecule has 0 amide bonds. The first-order chi connectivity index (χ1) is 20.6. The monoisotopic (exact) mass is 619 g/mol. The molecule has 3 fully saturated rings. The van der Waals surface area contributed by atoms with Crippen LogP contribution in [-0.2, 0) is 19.1 Å². The van der Waals surface area contributed by atoms with Crippen molar-refractivity contribution in [1.29, 1.82) is 0 Å². The summed E-state index contributed by atoms with van der Waals surface area (Å²) in [6.07, 6.45) is 8.37. The highest BCUT2D eigenvalue weighted by molar-refractivity contribution is 5.66. The van der Waals surface area contributed by atoms with Crippen molar-refractivity contribution < 1.29 is 34.4 Å². The Hall–Kier alpha value is -1.03. The van der Waals surface area contributed by atoms with Gasteiger partial charge in [-0.1, -0.05) is 52.7 Å². The Morgan fingerprint density at radius 2 is 1.77 bits per heavy atom. The number of ether oxygens (including phenoxy) is 2. The zero-order chi connectivity index (χ0) is 32.2. The highest BCUT2D eigenvalue weighted by Gasteiger charge is 2.63. The van der Waals surface area contributed by atoms with Crippen molar-refractivity contribution in [2.24, 2.45) is 39.4 Å². The van der Waals surface area contributed by atoms with E-state index < -0.39 is 24.5 Å². The van der Waals surface area contributed by atoms with E-state index in [2.05, 4.69) is 41.5 Å². The van der Waals surface area contributed by atoms with Crippen molar-refractivity contribution in [3.63, 3.8) is 0 Å². The number of fused-ring (bicyclic) bond motifs is 4. The number of hydrogen-bond acceptors (Lipinski definition) is 8. The third-order valence-electron chi connectivity index (χ3n) is 14.1. The molecule has 0 unspecified atom stereocenters. The molecule has 8 nitrogen and oxygen atoms in total. The first-order valence-electron chi connectivity index (χ1n) is 17.5. The summed E-state index contributed by atoms with van der Waals surface area (Å²) >= 11 is 0. The van der Waals surface area contributed by atoms with Gasteiger partial charge in [0.2, 0.25) is 0 Å². The molecular weight excluding hydrogens is 558 g/mol. The van der Waals surface area contributed by atoms with Gasteiger partial charge in [0.05, 0.1) is 19.8 Å². The fraction of sp³-hybridized carbons (Fsp3) is 0.917. The zero-order valence-corrected chi connectivity index (χ0v) is 28.7. The molecule has 5 aliphatic rings. The van der Waals surface area contributed by atoms with Crippen molar-refractivity contribution >= 4 is 5.97 Å². The van der Waals surface area contributed by atoms with Crippen LogP contribution in [0, 0.1) is 39.4 Å². The Bertz CT molecular complexity index is 1090. The third-order valence-corrected chi connectivity index (χ3v) is 14.1. The second kappa shape index (κ2) is 12.5. The summed E-state index contributed by atoms with van der Waals surface area (Å²) in [6.45, 7) is 16.7. The number of hydrogen-bond donors (Lipinski definition) is 3. The highest BCUT2D eigenvalue weighted by atomic mass is 16.7. The minimum Gasteiger partial charge on any atom is -0.462 e. The van der Waals surface area contributed by atoms with E-state index in [-0.39, 0.29) is 46.8 Å². The first-order valence-corrected chi connectivity index (χ1v) is 17.5. The average molecular weight is 620 g/mol. The van der Waals surface area contributed by atoms with Gasteiger partial charge in [0, 0.05) is 25.3 Å². The largest absolute Gasteiger partial charge is 0.462 e. The molecule has 0 spiro atoms. The van der Waals surface area contributed by atoms with Gasteiger partial charge in [-0.25, -0.2) is 0 Å². The van der Waals surface area contributed by atoms with Crippen LogP contribution >= 0.6 is 0 Å². The smallest absolute Gasteiger partial charge is 0.302 e. The lowest BCUT2D eigenvalue weighted by atomic mass is 9.43. The number of nitrogens with zero attached hydrogens (tertiary/aromatic N) is 1. The van der Waals surface area contributed by atoms with Crippen LogP contribution in [0.5, 0.6) is 0 Å². The lowest BCUT2D eigenvalue weighted by Gasteiger charge is -2.62. The molecule has 1 aliphatic heterocycles. The predicted octanol–water partition coefficient (Wildman–Crippen LogP) is 5.78. The highest BCUT2D eigenvalue weighted by Crippen LogP contribution is 2.72. The van der Waals surface area contributed by atoms with Crippen LogP contribution in [0.15, 0.2) is 11.1 Å². The maximum Gasteiger partial charge on any atom is 0.302 e. The van der Waals surface area contributed by atoms with Crippen LogP contribution in [0.3, 0.4) is 0 Å². The molecule has 4 aliphatic carbocycles. The third kappa shape index (κ3) is 5.51. The van der Waals surface area contributed by atoms with Crippen LogP contribution in [0.4, 0.5) is 0 Å². The maximum absolute atomic E-state index is 11.9. The summed E-state index contributed by atoms with van der Waals surface area (Å²) in [5.74, 6) is 1.63. The quantitative estimate of drug-likeness (QED) is 0.169. The second-order valence-electron chi connectivity index (χ2n) is 16.4. The maximum atomic E-state index is 11.9. The van der Waals surface area contributed by atoms with Gasteiger partial charge in [0.15, 0.2) is 0 Å². The molecule has 11 atom stereocenters. The van der Waals surface area contributed by atoms with Crippen molar-refractivity contribution in [3.05, 3.63) is 11.1 Å². The first kappa shape index (κ1) is 34.3. The van der Waals surface area contributed by atoms with Crippen molar-refractivity contribution in [3.8, 4) is 0 Å². The lowest BCUT2D eigenvalue weighted by molar-refractivity contribution is -0.295. The minimum absolute atomic E-state index is 0.00727. The van der Waals surface area contributed by atoms with E-state index in [1.807, 2.05) is 0 Å². The topological polar surface area (TPSA) is 109 Å². The van der Waals surface area contributed by atoms with Gasteiger partial charge in [0.25, 0.3) is 0 Å².